The second-order valence-electron chi connectivity index (χ2n) is 8.82. The molecule has 2 aromatic rings. The Bertz CT molecular complexity index is 1460. The second kappa shape index (κ2) is 14.3. The first kappa shape index (κ1) is 34.6. The van der Waals surface area contributed by atoms with Crippen LogP contribution in [-0.4, -0.2) is 93.3 Å². The van der Waals surface area contributed by atoms with E-state index < -0.39 is 54.6 Å². The van der Waals surface area contributed by atoms with Gasteiger partial charge in [-0.1, -0.05) is 25.1 Å². The standard InChI is InChI=1S/C17H31N8O13P3S/c18-16(19)20-5-3-1-2-4-6-21-17-23-13-10(14(42)24-17)22-8-25(13)15-12(27)11(26)9(36-15)7-35-40(31,32)38-41(33,34)37-39(28,29)30/h8-9,11-12,15,26-27H,1-7H2,(H,31,32)(H,33,34)(H4,18,19,20)(H2,28,29,30)(H2,21,23,24,42)/t9-,11-,12-,15-/m1/s1. The van der Waals surface area contributed by atoms with E-state index in [1.54, 1.807) is 0 Å². The number of nitrogens with one attached hydrogen (secondary N) is 2. The van der Waals surface area contributed by atoms with Gasteiger partial charge in [0.05, 0.1) is 12.9 Å². The van der Waals surface area contributed by atoms with Crippen molar-refractivity contribution in [3.05, 3.63) is 11.0 Å². The van der Waals surface area contributed by atoms with E-state index in [0.29, 0.717) is 19.0 Å². The lowest BCUT2D eigenvalue weighted by molar-refractivity contribution is -0.0503. The number of rotatable bonds is 16. The van der Waals surface area contributed by atoms with Crippen molar-refractivity contribution in [2.45, 2.75) is 50.2 Å². The number of anilines is 1. The van der Waals surface area contributed by atoms with Crippen molar-refractivity contribution in [1.82, 2.24) is 19.5 Å². The van der Waals surface area contributed by atoms with Gasteiger partial charge in [0.1, 0.15) is 29.5 Å². The summed E-state index contributed by atoms with van der Waals surface area (Å²) < 4.78 is 53.0. The van der Waals surface area contributed by atoms with E-state index in [9.17, 15) is 33.7 Å². The molecule has 1 fully saturated rings. The maximum absolute atomic E-state index is 12.0. The lowest BCUT2D eigenvalue weighted by Crippen LogP contribution is -2.33. The summed E-state index contributed by atoms with van der Waals surface area (Å²) in [5, 5.41) is 24.1. The zero-order valence-electron chi connectivity index (χ0n) is 21.6. The molecule has 1 saturated heterocycles. The summed E-state index contributed by atoms with van der Waals surface area (Å²) >= 11 is 5.31. The minimum atomic E-state index is -5.74. The average Bonchev–Trinajstić information content (AvgIpc) is 3.38. The van der Waals surface area contributed by atoms with E-state index in [1.165, 1.54) is 10.9 Å². The molecule has 3 rings (SSSR count). The van der Waals surface area contributed by atoms with Crippen LogP contribution < -0.4 is 16.8 Å². The van der Waals surface area contributed by atoms with Crippen molar-refractivity contribution < 1.29 is 61.4 Å². The van der Waals surface area contributed by atoms with Gasteiger partial charge in [-0.3, -0.25) is 14.1 Å². The number of unbranched alkanes of at least 4 members (excludes halogenated alkanes) is 3. The second-order valence-corrected chi connectivity index (χ2v) is 13.6. The summed E-state index contributed by atoms with van der Waals surface area (Å²) in [6.07, 6.45) is -1.42. The van der Waals surface area contributed by atoms with Crippen LogP contribution in [0, 0.1) is 4.64 Å². The highest BCUT2D eigenvalue weighted by atomic mass is 32.1. The maximum Gasteiger partial charge on any atom is 0.490 e. The van der Waals surface area contributed by atoms with E-state index in [1.807, 2.05) is 0 Å². The van der Waals surface area contributed by atoms with Gasteiger partial charge >= 0.3 is 23.5 Å². The van der Waals surface area contributed by atoms with Gasteiger partial charge in [-0.2, -0.15) is 8.62 Å². The van der Waals surface area contributed by atoms with Crippen molar-refractivity contribution in [2.75, 3.05) is 25.0 Å². The number of aromatic amines is 1. The number of aliphatic hydroxyl groups is 2. The predicted octanol–water partition coefficient (Wildman–Crippen LogP) is -0.303. The molecule has 0 aliphatic carbocycles. The van der Waals surface area contributed by atoms with Gasteiger partial charge in [-0.05, 0) is 12.8 Å². The molecule has 21 nitrogen and oxygen atoms in total. The third-order valence-electron chi connectivity index (χ3n) is 5.55. The molecule has 0 bridgehead atoms. The number of hydrogen-bond donors (Lipinski definition) is 10. The number of phosphoric acid groups is 3. The van der Waals surface area contributed by atoms with Crippen LogP contribution in [0.5, 0.6) is 0 Å². The lowest BCUT2D eigenvalue weighted by Gasteiger charge is -2.19. The lowest BCUT2D eigenvalue weighted by atomic mass is 10.1. The fraction of sp³-hybridized carbons (Fsp3) is 0.647. The van der Waals surface area contributed by atoms with Gasteiger partial charge in [0.2, 0.25) is 5.95 Å². The number of phosphoric ester groups is 1. The Morgan fingerprint density at radius 1 is 1.10 bits per heavy atom. The number of aliphatic hydroxyl groups excluding tert-OH is 2. The summed E-state index contributed by atoms with van der Waals surface area (Å²) in [5.41, 5.74) is 11.1. The Morgan fingerprint density at radius 3 is 2.45 bits per heavy atom. The number of aromatic nitrogens is 4. The van der Waals surface area contributed by atoms with Crippen LogP contribution in [0.4, 0.5) is 5.95 Å². The maximum atomic E-state index is 12.0. The Hall–Kier alpha value is -1.87. The third kappa shape index (κ3) is 10.1. The van der Waals surface area contributed by atoms with Crippen molar-refractivity contribution in [3.8, 4) is 0 Å². The number of H-pyrrole nitrogens is 1. The van der Waals surface area contributed by atoms with E-state index in [2.05, 4.69) is 38.4 Å². The van der Waals surface area contributed by atoms with Crippen LogP contribution in [0.3, 0.4) is 0 Å². The van der Waals surface area contributed by atoms with Gasteiger partial charge in [0, 0.05) is 13.1 Å². The summed E-state index contributed by atoms with van der Waals surface area (Å²) in [5.74, 6) is 0.350. The Balaban J connectivity index is 1.62. The van der Waals surface area contributed by atoms with Crippen molar-refractivity contribution in [2.24, 2.45) is 16.5 Å². The molecule has 3 heterocycles. The molecular weight excluding hydrogens is 649 g/mol. The smallest absolute Gasteiger partial charge is 0.387 e. The first-order valence-electron chi connectivity index (χ1n) is 12.0. The van der Waals surface area contributed by atoms with Crippen LogP contribution in [-0.2, 0) is 31.6 Å². The molecule has 6 atom stereocenters. The first-order valence-corrected chi connectivity index (χ1v) is 17.0. The van der Waals surface area contributed by atoms with E-state index in [4.69, 9.17) is 38.2 Å². The van der Waals surface area contributed by atoms with E-state index in [0.717, 1.165) is 25.7 Å². The Kier molecular flexibility index (Phi) is 11.8. The first-order chi connectivity index (χ1) is 19.5. The van der Waals surface area contributed by atoms with Crippen LogP contribution in [0.2, 0.25) is 0 Å². The predicted molar refractivity (Wildman–Crippen MR) is 146 cm³/mol. The molecule has 0 radical (unpaired) electrons. The Labute approximate surface area is 242 Å². The molecule has 0 amide bonds. The van der Waals surface area contributed by atoms with Crippen LogP contribution in [0.15, 0.2) is 11.3 Å². The van der Waals surface area contributed by atoms with Crippen molar-refractivity contribution in [1.29, 1.82) is 0 Å². The van der Waals surface area contributed by atoms with Crippen LogP contribution in [0.25, 0.3) is 11.2 Å². The molecule has 0 aromatic carbocycles. The SMILES string of the molecule is NC(N)=NCCCCCCNc1nc(=S)c2ncn([C@@H]3O[C@H](COP(=O)(O)OP(=O)(O)OP(=O)(O)O)[C@@H](O)[C@H]3O)c2[nH]1. The average molecular weight is 680 g/mol. The molecule has 25 heteroatoms. The van der Waals surface area contributed by atoms with Crippen molar-refractivity contribution in [3.63, 3.8) is 0 Å². The fourth-order valence-electron chi connectivity index (χ4n) is 3.79. The number of fused-ring (bicyclic) bond motifs is 1. The molecule has 1 aliphatic heterocycles. The topological polar surface area (TPSA) is 332 Å². The molecule has 0 saturated carbocycles. The minimum Gasteiger partial charge on any atom is -0.387 e. The molecule has 2 aromatic heterocycles. The zero-order chi connectivity index (χ0) is 31.3. The van der Waals surface area contributed by atoms with Crippen molar-refractivity contribution >= 4 is 58.8 Å². The number of guanidine groups is 1. The number of aliphatic imine (C=N–C) groups is 1. The monoisotopic (exact) mass is 680 g/mol. The molecule has 0 spiro atoms. The third-order valence-corrected chi connectivity index (χ3v) is 9.63. The summed E-state index contributed by atoms with van der Waals surface area (Å²) in [6, 6.07) is 0. The van der Waals surface area contributed by atoms with Crippen LogP contribution in [0.1, 0.15) is 31.9 Å². The normalized spacial score (nSPS) is 23.9. The van der Waals surface area contributed by atoms with Gasteiger partial charge in [0.25, 0.3) is 0 Å². The number of nitrogens with zero attached hydrogens (tertiary/aromatic N) is 4. The number of nitrogens with two attached hydrogens (primary N) is 2. The van der Waals surface area contributed by atoms with Crippen LogP contribution >= 0.6 is 35.7 Å². The summed E-state index contributed by atoms with van der Waals surface area (Å²) in [6.45, 7) is 0.125. The summed E-state index contributed by atoms with van der Waals surface area (Å²) in [4.78, 5) is 51.4. The fourth-order valence-corrected chi connectivity index (χ4v) is 7.06. The number of ether oxygens (including phenoxy) is 1. The zero-order valence-corrected chi connectivity index (χ0v) is 25.1. The van der Waals surface area contributed by atoms with Gasteiger partial charge in [-0.25, -0.2) is 23.7 Å². The highest BCUT2D eigenvalue weighted by molar-refractivity contribution is 7.71. The highest BCUT2D eigenvalue weighted by Gasteiger charge is 2.47. The largest absolute Gasteiger partial charge is 0.490 e. The van der Waals surface area contributed by atoms with E-state index >= 15 is 0 Å². The summed E-state index contributed by atoms with van der Waals surface area (Å²) in [7, 11) is -16.8. The number of imidazole rings is 1. The molecule has 238 valence electrons. The van der Waals surface area contributed by atoms with Gasteiger partial charge < -0.3 is 56.3 Å². The minimum absolute atomic E-state index is 0.0522. The molecule has 12 N–H and O–H groups in total. The van der Waals surface area contributed by atoms with E-state index in [-0.39, 0.29) is 21.8 Å². The Morgan fingerprint density at radius 2 is 1.79 bits per heavy atom. The quantitative estimate of drug-likeness (QED) is 0.0357. The van der Waals surface area contributed by atoms with Gasteiger partial charge in [0.15, 0.2) is 16.8 Å². The molecule has 42 heavy (non-hydrogen) atoms. The molecular formula is C17H31N8O13P3S. The molecule has 1 aliphatic rings. The molecule has 2 unspecified atom stereocenters. The van der Waals surface area contributed by atoms with Gasteiger partial charge in [-0.15, -0.1) is 0 Å². The highest BCUT2D eigenvalue weighted by Crippen LogP contribution is 2.66. The number of hydrogen-bond acceptors (Lipinski definition) is 14.